The third-order valence-electron chi connectivity index (χ3n) is 3.67. The van der Waals surface area contributed by atoms with Gasteiger partial charge in [-0.05, 0) is 37.5 Å². The topological polar surface area (TPSA) is 101 Å². The van der Waals surface area contributed by atoms with Crippen LogP contribution in [0.25, 0.3) is 0 Å². The first kappa shape index (κ1) is 17.4. The Labute approximate surface area is 132 Å². The molecular weight excluding hydrogens is 329 g/mol. The highest BCUT2D eigenvalue weighted by Gasteiger charge is 2.39. The fourth-order valence-corrected chi connectivity index (χ4v) is 4.40. The van der Waals surface area contributed by atoms with Gasteiger partial charge in [-0.2, -0.15) is 4.31 Å². The second kappa shape index (κ2) is 6.63. The van der Waals surface area contributed by atoms with Crippen LogP contribution in [0.4, 0.5) is 4.39 Å². The maximum absolute atomic E-state index is 13.5. The highest BCUT2D eigenvalue weighted by Crippen LogP contribution is 2.28. The molecule has 1 N–H and O–H groups in total. The minimum absolute atomic E-state index is 0.00355. The lowest BCUT2D eigenvalue weighted by atomic mass is 10.1. The minimum atomic E-state index is -4.35. The average molecular weight is 345 g/mol. The highest BCUT2D eigenvalue weighted by atomic mass is 32.2. The van der Waals surface area contributed by atoms with Crippen LogP contribution in [0, 0.1) is 5.82 Å². The van der Waals surface area contributed by atoms with Gasteiger partial charge in [0, 0.05) is 6.54 Å². The lowest BCUT2D eigenvalue weighted by Gasteiger charge is -2.32. The van der Waals surface area contributed by atoms with E-state index in [-0.39, 0.29) is 18.5 Å². The maximum Gasteiger partial charge on any atom is 0.339 e. The van der Waals surface area contributed by atoms with E-state index in [0.29, 0.717) is 18.9 Å². The molecule has 1 fully saturated rings. The van der Waals surface area contributed by atoms with Gasteiger partial charge in [0.25, 0.3) is 0 Å². The fraction of sp³-hybridized carbons (Fsp3) is 0.429. The lowest BCUT2D eigenvalue weighted by molar-refractivity contribution is -0.142. The molecule has 0 amide bonds. The summed E-state index contributed by atoms with van der Waals surface area (Å²) in [6.07, 6.45) is 1.24. The van der Waals surface area contributed by atoms with Crippen LogP contribution in [-0.4, -0.2) is 49.5 Å². The van der Waals surface area contributed by atoms with Crippen molar-refractivity contribution in [1.82, 2.24) is 4.31 Å². The number of piperidine rings is 1. The molecule has 1 saturated heterocycles. The molecule has 1 aliphatic rings. The molecule has 0 saturated carbocycles. The molecule has 1 unspecified atom stereocenters. The van der Waals surface area contributed by atoms with Gasteiger partial charge in [0.1, 0.15) is 11.9 Å². The first-order chi connectivity index (χ1) is 10.8. The van der Waals surface area contributed by atoms with Gasteiger partial charge in [-0.3, -0.25) is 4.79 Å². The van der Waals surface area contributed by atoms with E-state index in [0.717, 1.165) is 23.5 Å². The first-order valence-electron chi connectivity index (χ1n) is 6.91. The van der Waals surface area contributed by atoms with Crippen LogP contribution >= 0.6 is 0 Å². The molecule has 9 heteroatoms. The van der Waals surface area contributed by atoms with Gasteiger partial charge in [0.05, 0.1) is 17.6 Å². The number of methoxy groups -OCH3 is 1. The Morgan fingerprint density at radius 2 is 2.04 bits per heavy atom. The standard InChI is InChI=1S/C14H16FNO6S/c1-22-14(19)10-6-5-9(15)8-12(10)23(20,21)16-7-3-2-4-11(16)13(17)18/h5-6,8,11H,2-4,7H2,1H3,(H,17,18). The second-order valence-corrected chi connectivity index (χ2v) is 6.96. The van der Waals surface area contributed by atoms with Gasteiger partial charge in [0.15, 0.2) is 0 Å². The van der Waals surface area contributed by atoms with Crippen LogP contribution in [0.1, 0.15) is 29.6 Å². The zero-order valence-electron chi connectivity index (χ0n) is 12.4. The first-order valence-corrected chi connectivity index (χ1v) is 8.35. The minimum Gasteiger partial charge on any atom is -0.480 e. The Bertz CT molecular complexity index is 733. The number of rotatable bonds is 4. The number of benzene rings is 1. The molecule has 1 aromatic rings. The Hall–Kier alpha value is -2.00. The van der Waals surface area contributed by atoms with E-state index < -0.39 is 38.7 Å². The number of hydrogen-bond donors (Lipinski definition) is 1. The SMILES string of the molecule is COC(=O)c1ccc(F)cc1S(=O)(=O)N1CCCCC1C(=O)O. The summed E-state index contributed by atoms with van der Waals surface area (Å²) in [6.45, 7) is -0.00355. The molecule has 0 aromatic heterocycles. The van der Waals surface area contributed by atoms with Gasteiger partial charge in [-0.15, -0.1) is 0 Å². The molecule has 1 aromatic carbocycles. The predicted octanol–water partition coefficient (Wildman–Crippen LogP) is 1.24. The molecular formula is C14H16FNO6S. The van der Waals surface area contributed by atoms with Crippen molar-refractivity contribution >= 4 is 22.0 Å². The molecule has 0 aliphatic carbocycles. The molecule has 0 bridgehead atoms. The molecule has 7 nitrogen and oxygen atoms in total. The molecule has 1 atom stereocenters. The van der Waals surface area contributed by atoms with Crippen LogP contribution in [0.3, 0.4) is 0 Å². The van der Waals surface area contributed by atoms with Crippen molar-refractivity contribution in [2.24, 2.45) is 0 Å². The van der Waals surface area contributed by atoms with E-state index in [2.05, 4.69) is 4.74 Å². The van der Waals surface area contributed by atoms with Crippen LogP contribution in [-0.2, 0) is 19.6 Å². The number of esters is 1. The summed E-state index contributed by atoms with van der Waals surface area (Å²) >= 11 is 0. The monoisotopic (exact) mass is 345 g/mol. The number of carbonyl (C=O) groups excluding carboxylic acids is 1. The summed E-state index contributed by atoms with van der Waals surface area (Å²) in [7, 11) is -3.28. The molecule has 0 radical (unpaired) electrons. The van der Waals surface area contributed by atoms with E-state index in [9.17, 15) is 27.5 Å². The number of carboxylic acids is 1. The molecule has 2 rings (SSSR count). The third-order valence-corrected chi connectivity index (χ3v) is 5.62. The van der Waals surface area contributed by atoms with E-state index >= 15 is 0 Å². The number of aliphatic carboxylic acids is 1. The summed E-state index contributed by atoms with van der Waals surface area (Å²) in [6, 6.07) is 1.42. The van der Waals surface area contributed by atoms with E-state index in [1.807, 2.05) is 0 Å². The normalized spacial score (nSPS) is 19.3. The number of hydrogen-bond acceptors (Lipinski definition) is 5. The Balaban J connectivity index is 2.56. The summed E-state index contributed by atoms with van der Waals surface area (Å²) < 4.78 is 44.4. The zero-order valence-corrected chi connectivity index (χ0v) is 13.2. The number of carbonyl (C=O) groups is 2. The molecule has 0 spiro atoms. The lowest BCUT2D eigenvalue weighted by Crippen LogP contribution is -2.48. The maximum atomic E-state index is 13.5. The molecule has 126 valence electrons. The summed E-state index contributed by atoms with van der Waals surface area (Å²) in [5, 5.41) is 9.23. The Morgan fingerprint density at radius 3 is 2.65 bits per heavy atom. The molecule has 1 aliphatic heterocycles. The van der Waals surface area contributed by atoms with E-state index in [4.69, 9.17) is 0 Å². The van der Waals surface area contributed by atoms with Crippen molar-refractivity contribution < 1.29 is 32.2 Å². The van der Waals surface area contributed by atoms with Gasteiger partial charge in [-0.1, -0.05) is 0 Å². The third kappa shape index (κ3) is 3.35. The van der Waals surface area contributed by atoms with Crippen molar-refractivity contribution in [2.75, 3.05) is 13.7 Å². The van der Waals surface area contributed by atoms with Crippen molar-refractivity contribution in [3.8, 4) is 0 Å². The van der Waals surface area contributed by atoms with Gasteiger partial charge in [0.2, 0.25) is 10.0 Å². The van der Waals surface area contributed by atoms with E-state index in [1.54, 1.807) is 0 Å². The highest BCUT2D eigenvalue weighted by molar-refractivity contribution is 7.89. The van der Waals surface area contributed by atoms with Crippen LogP contribution in [0.5, 0.6) is 0 Å². The summed E-state index contributed by atoms with van der Waals surface area (Å²) in [5.74, 6) is -3.06. The van der Waals surface area contributed by atoms with Crippen molar-refractivity contribution in [2.45, 2.75) is 30.2 Å². The smallest absolute Gasteiger partial charge is 0.339 e. The van der Waals surface area contributed by atoms with Gasteiger partial charge >= 0.3 is 11.9 Å². The Morgan fingerprint density at radius 1 is 1.35 bits per heavy atom. The van der Waals surface area contributed by atoms with Crippen LogP contribution in [0.15, 0.2) is 23.1 Å². The summed E-state index contributed by atoms with van der Waals surface area (Å²) in [5.41, 5.74) is -0.330. The number of halogens is 1. The van der Waals surface area contributed by atoms with Crippen LogP contribution < -0.4 is 0 Å². The van der Waals surface area contributed by atoms with Crippen molar-refractivity contribution in [3.05, 3.63) is 29.6 Å². The molecule has 1 heterocycles. The van der Waals surface area contributed by atoms with Crippen molar-refractivity contribution in [3.63, 3.8) is 0 Å². The van der Waals surface area contributed by atoms with Gasteiger partial charge in [-0.25, -0.2) is 17.6 Å². The number of carboxylic acid groups (broad SMARTS) is 1. The van der Waals surface area contributed by atoms with Crippen LogP contribution in [0.2, 0.25) is 0 Å². The zero-order chi connectivity index (χ0) is 17.2. The largest absolute Gasteiger partial charge is 0.480 e. The molecule has 23 heavy (non-hydrogen) atoms. The quantitative estimate of drug-likeness (QED) is 0.824. The average Bonchev–Trinajstić information content (AvgIpc) is 2.54. The van der Waals surface area contributed by atoms with Crippen molar-refractivity contribution in [1.29, 1.82) is 0 Å². The second-order valence-electron chi connectivity index (χ2n) is 5.10. The predicted molar refractivity (Wildman–Crippen MR) is 76.9 cm³/mol. The van der Waals surface area contributed by atoms with E-state index in [1.165, 1.54) is 0 Å². The Kier molecular flexibility index (Phi) is 5.00. The fourth-order valence-electron chi connectivity index (χ4n) is 2.55. The number of ether oxygens (including phenoxy) is 1. The van der Waals surface area contributed by atoms with Gasteiger partial charge < -0.3 is 9.84 Å². The number of sulfonamides is 1. The number of nitrogens with zero attached hydrogens (tertiary/aromatic N) is 1. The summed E-state index contributed by atoms with van der Waals surface area (Å²) in [4.78, 5) is 22.5.